The van der Waals surface area contributed by atoms with E-state index in [1.165, 1.54) is 7.11 Å². The summed E-state index contributed by atoms with van der Waals surface area (Å²) < 4.78 is 9.23. The van der Waals surface area contributed by atoms with E-state index in [0.717, 1.165) is 11.1 Å². The fraction of sp³-hybridized carbons (Fsp3) is 0.300. The lowest BCUT2D eigenvalue weighted by atomic mass is 10.1. The summed E-state index contributed by atoms with van der Waals surface area (Å²) in [5, 5.41) is 0.683. The van der Waals surface area contributed by atoms with Gasteiger partial charge < -0.3 is 9.47 Å². The van der Waals surface area contributed by atoms with Gasteiger partial charge in [-0.3, -0.25) is 0 Å². The lowest BCUT2D eigenvalue weighted by Crippen LogP contribution is -2.07. The van der Waals surface area contributed by atoms with Gasteiger partial charge in [-0.15, -0.1) is 0 Å². The first-order chi connectivity index (χ1) is 6.54. The van der Waals surface area contributed by atoms with Crippen molar-refractivity contribution < 1.29 is 14.3 Å². The average Bonchev–Trinajstić information content (AvgIpc) is 2.14. The normalized spacial score (nSPS) is 9.71. The Hall–Kier alpha value is -1.22. The molecule has 0 aliphatic carbocycles. The highest BCUT2D eigenvalue weighted by Crippen LogP contribution is 2.25. The molecule has 1 rings (SSSR count). The molecule has 14 heavy (non-hydrogen) atoms. The number of benzene rings is 1. The lowest BCUT2D eigenvalue weighted by Gasteiger charge is -2.07. The van der Waals surface area contributed by atoms with Crippen molar-refractivity contribution in [2.45, 2.75) is 13.8 Å². The third kappa shape index (κ3) is 2.39. The summed E-state index contributed by atoms with van der Waals surface area (Å²) in [5.41, 5.74) is 1.73. The van der Waals surface area contributed by atoms with Crippen LogP contribution < -0.4 is 4.74 Å². The molecule has 0 fully saturated rings. The van der Waals surface area contributed by atoms with Crippen LogP contribution in [0.4, 0.5) is 4.79 Å². The number of aryl methyl sites for hydroxylation is 2. The van der Waals surface area contributed by atoms with Gasteiger partial charge in [-0.2, -0.15) is 0 Å². The zero-order valence-corrected chi connectivity index (χ0v) is 9.01. The molecule has 0 radical (unpaired) electrons. The van der Waals surface area contributed by atoms with Crippen LogP contribution in [-0.2, 0) is 4.74 Å². The maximum absolute atomic E-state index is 10.8. The topological polar surface area (TPSA) is 35.5 Å². The highest BCUT2D eigenvalue weighted by atomic mass is 35.5. The van der Waals surface area contributed by atoms with Crippen LogP contribution in [0.15, 0.2) is 12.1 Å². The van der Waals surface area contributed by atoms with Gasteiger partial charge in [0.2, 0.25) is 0 Å². The molecule has 1 aromatic carbocycles. The largest absolute Gasteiger partial charge is 0.513 e. The van der Waals surface area contributed by atoms with Gasteiger partial charge in [0.1, 0.15) is 5.75 Å². The molecule has 0 unspecified atom stereocenters. The summed E-state index contributed by atoms with van der Waals surface area (Å²) in [4.78, 5) is 10.8. The first-order valence-corrected chi connectivity index (χ1v) is 4.45. The Bertz CT molecular complexity index is 337. The van der Waals surface area contributed by atoms with Gasteiger partial charge in [-0.25, -0.2) is 4.79 Å². The fourth-order valence-corrected chi connectivity index (χ4v) is 1.21. The zero-order valence-electron chi connectivity index (χ0n) is 8.26. The number of halogens is 1. The van der Waals surface area contributed by atoms with Crippen LogP contribution in [-0.4, -0.2) is 13.3 Å². The van der Waals surface area contributed by atoms with Crippen LogP contribution in [0, 0.1) is 13.8 Å². The predicted octanol–water partition coefficient (Wildman–Crippen LogP) is 3.10. The fourth-order valence-electron chi connectivity index (χ4n) is 1.10. The molecule has 0 N–H and O–H groups in total. The van der Waals surface area contributed by atoms with Crippen molar-refractivity contribution in [1.82, 2.24) is 0 Å². The van der Waals surface area contributed by atoms with Crippen molar-refractivity contribution >= 4 is 17.8 Å². The Balaban J connectivity index is 2.95. The molecule has 1 aromatic rings. The second kappa shape index (κ2) is 4.33. The number of methoxy groups -OCH3 is 1. The van der Waals surface area contributed by atoms with E-state index in [9.17, 15) is 4.79 Å². The number of carbonyl (C=O) groups is 1. The first-order valence-electron chi connectivity index (χ1n) is 4.07. The second-order valence-electron chi connectivity index (χ2n) is 2.93. The smallest absolute Gasteiger partial charge is 0.437 e. The third-order valence-corrected chi connectivity index (χ3v) is 2.37. The Morgan fingerprint density at radius 2 is 1.79 bits per heavy atom. The van der Waals surface area contributed by atoms with Gasteiger partial charge in [-0.05, 0) is 37.1 Å². The quantitative estimate of drug-likeness (QED) is 0.532. The zero-order chi connectivity index (χ0) is 10.7. The molecule has 0 aliphatic heterocycles. The number of carbonyl (C=O) groups excluding carboxylic acids is 1. The van der Waals surface area contributed by atoms with Crippen LogP contribution in [0.2, 0.25) is 5.02 Å². The average molecular weight is 215 g/mol. The molecule has 0 spiro atoms. The Morgan fingerprint density at radius 1 is 1.29 bits per heavy atom. The van der Waals surface area contributed by atoms with Crippen LogP contribution in [0.3, 0.4) is 0 Å². The minimum Gasteiger partial charge on any atom is -0.437 e. The van der Waals surface area contributed by atoms with E-state index in [1.807, 2.05) is 13.8 Å². The van der Waals surface area contributed by atoms with E-state index in [1.54, 1.807) is 12.1 Å². The molecule has 0 amide bonds. The molecule has 0 saturated carbocycles. The monoisotopic (exact) mass is 214 g/mol. The molecular weight excluding hydrogens is 204 g/mol. The Kier molecular flexibility index (Phi) is 3.36. The molecule has 0 atom stereocenters. The van der Waals surface area contributed by atoms with Crippen LogP contribution in [0.1, 0.15) is 11.1 Å². The molecule has 0 saturated heterocycles. The summed E-state index contributed by atoms with van der Waals surface area (Å²) in [7, 11) is 1.26. The lowest BCUT2D eigenvalue weighted by molar-refractivity contribution is 0.121. The highest BCUT2D eigenvalue weighted by Gasteiger charge is 2.07. The van der Waals surface area contributed by atoms with Crippen LogP contribution in [0.25, 0.3) is 0 Å². The number of hydrogen-bond acceptors (Lipinski definition) is 3. The predicted molar refractivity (Wildman–Crippen MR) is 54.0 cm³/mol. The molecule has 0 bridgehead atoms. The molecule has 0 heterocycles. The molecule has 4 heteroatoms. The summed E-state index contributed by atoms with van der Waals surface area (Å²) >= 11 is 5.95. The number of rotatable bonds is 1. The third-order valence-electron chi connectivity index (χ3n) is 1.78. The Labute approximate surface area is 87.6 Å². The molecule has 76 valence electrons. The maximum atomic E-state index is 10.8. The van der Waals surface area contributed by atoms with E-state index in [-0.39, 0.29) is 0 Å². The van der Waals surface area contributed by atoms with Crippen molar-refractivity contribution in [2.24, 2.45) is 0 Å². The first kappa shape index (κ1) is 10.9. The Morgan fingerprint density at radius 3 is 2.21 bits per heavy atom. The number of ether oxygens (including phenoxy) is 2. The minimum absolute atomic E-state index is 0.441. The highest BCUT2D eigenvalue weighted by molar-refractivity contribution is 6.32. The number of hydrogen-bond donors (Lipinski definition) is 0. The SMILES string of the molecule is COC(=O)Oc1cc(C)c(Cl)c(C)c1. The summed E-state index contributed by atoms with van der Waals surface area (Å²) in [5.74, 6) is 0.441. The van der Waals surface area contributed by atoms with Crippen molar-refractivity contribution in [1.29, 1.82) is 0 Å². The van der Waals surface area contributed by atoms with Crippen molar-refractivity contribution in [3.05, 3.63) is 28.3 Å². The van der Waals surface area contributed by atoms with E-state index in [0.29, 0.717) is 10.8 Å². The van der Waals surface area contributed by atoms with Crippen LogP contribution >= 0.6 is 11.6 Å². The van der Waals surface area contributed by atoms with E-state index in [4.69, 9.17) is 16.3 Å². The van der Waals surface area contributed by atoms with Crippen molar-refractivity contribution in [3.8, 4) is 5.75 Å². The maximum Gasteiger partial charge on any atom is 0.513 e. The van der Waals surface area contributed by atoms with Gasteiger partial charge in [0.25, 0.3) is 0 Å². The van der Waals surface area contributed by atoms with E-state index < -0.39 is 6.16 Å². The standard InChI is InChI=1S/C10H11ClO3/c1-6-4-8(14-10(12)13-3)5-7(2)9(6)11/h4-5H,1-3H3. The molecule has 0 aromatic heterocycles. The van der Waals surface area contributed by atoms with E-state index in [2.05, 4.69) is 4.74 Å². The van der Waals surface area contributed by atoms with E-state index >= 15 is 0 Å². The van der Waals surface area contributed by atoms with Gasteiger partial charge in [0, 0.05) is 5.02 Å². The molecular formula is C10H11ClO3. The summed E-state index contributed by atoms with van der Waals surface area (Å²) in [6.07, 6.45) is -0.730. The van der Waals surface area contributed by atoms with Crippen molar-refractivity contribution in [3.63, 3.8) is 0 Å². The van der Waals surface area contributed by atoms with Gasteiger partial charge >= 0.3 is 6.16 Å². The molecule has 0 aliphatic rings. The summed E-state index contributed by atoms with van der Waals surface area (Å²) in [6, 6.07) is 3.37. The van der Waals surface area contributed by atoms with Gasteiger partial charge in [-0.1, -0.05) is 11.6 Å². The van der Waals surface area contributed by atoms with Gasteiger partial charge in [0.05, 0.1) is 7.11 Å². The second-order valence-corrected chi connectivity index (χ2v) is 3.31. The van der Waals surface area contributed by atoms with Gasteiger partial charge in [0.15, 0.2) is 0 Å². The minimum atomic E-state index is -0.730. The van der Waals surface area contributed by atoms with Crippen molar-refractivity contribution in [2.75, 3.05) is 7.11 Å². The summed E-state index contributed by atoms with van der Waals surface area (Å²) in [6.45, 7) is 3.69. The molecule has 3 nitrogen and oxygen atoms in total. The van der Waals surface area contributed by atoms with Crippen LogP contribution in [0.5, 0.6) is 5.75 Å².